The molecule has 0 atom stereocenters. The minimum Gasteiger partial charge on any atom is -0.452 e. The lowest BCUT2D eigenvalue weighted by Gasteiger charge is -2.34. The number of benzene rings is 2. The standard InChI is InChI=1S/C23H25NOS/c1-14-11-17(23(4,5)6)12-15(2)21(14)24-18-9-7-8-10-19(18)25-20-13-26-16(3)22(20)24/h7-13H,1-6H3. The minimum atomic E-state index is 0.139. The molecule has 0 spiro atoms. The van der Waals surface area contributed by atoms with Crippen molar-refractivity contribution in [2.45, 2.75) is 47.0 Å². The molecule has 0 bridgehead atoms. The molecule has 2 nitrogen and oxygen atoms in total. The van der Waals surface area contributed by atoms with E-state index in [-0.39, 0.29) is 5.41 Å². The average molecular weight is 364 g/mol. The van der Waals surface area contributed by atoms with Gasteiger partial charge in [0.1, 0.15) is 5.69 Å². The smallest absolute Gasteiger partial charge is 0.162 e. The van der Waals surface area contributed by atoms with E-state index >= 15 is 0 Å². The summed E-state index contributed by atoms with van der Waals surface area (Å²) in [7, 11) is 0. The Labute approximate surface area is 160 Å². The van der Waals surface area contributed by atoms with Gasteiger partial charge in [0.2, 0.25) is 0 Å². The molecule has 0 saturated carbocycles. The summed E-state index contributed by atoms with van der Waals surface area (Å²) in [5.74, 6) is 1.86. The second-order valence-electron chi connectivity index (χ2n) is 8.12. The molecule has 1 aromatic heterocycles. The Bertz CT molecular complexity index is 971. The van der Waals surface area contributed by atoms with Gasteiger partial charge in [0.25, 0.3) is 0 Å². The number of fused-ring (bicyclic) bond motifs is 2. The lowest BCUT2D eigenvalue weighted by Crippen LogP contribution is -2.19. The summed E-state index contributed by atoms with van der Waals surface area (Å²) >= 11 is 1.74. The first-order valence-electron chi connectivity index (χ1n) is 9.04. The highest BCUT2D eigenvalue weighted by molar-refractivity contribution is 7.10. The van der Waals surface area contributed by atoms with Crippen molar-refractivity contribution in [1.29, 1.82) is 0 Å². The zero-order valence-electron chi connectivity index (χ0n) is 16.3. The Morgan fingerprint density at radius 3 is 2.19 bits per heavy atom. The largest absolute Gasteiger partial charge is 0.452 e. The van der Waals surface area contributed by atoms with Crippen LogP contribution in [0.4, 0.5) is 17.1 Å². The predicted molar refractivity (Wildman–Crippen MR) is 112 cm³/mol. The number of hydrogen-bond donors (Lipinski definition) is 0. The molecule has 3 heteroatoms. The van der Waals surface area contributed by atoms with Gasteiger partial charge < -0.3 is 9.64 Å². The van der Waals surface area contributed by atoms with Gasteiger partial charge in [-0.1, -0.05) is 45.0 Å². The van der Waals surface area contributed by atoms with E-state index in [0.29, 0.717) is 0 Å². The molecule has 4 rings (SSSR count). The molecule has 2 heterocycles. The van der Waals surface area contributed by atoms with Gasteiger partial charge in [0, 0.05) is 10.3 Å². The van der Waals surface area contributed by atoms with E-state index in [0.717, 1.165) is 17.2 Å². The van der Waals surface area contributed by atoms with Gasteiger partial charge in [-0.05, 0) is 55.0 Å². The van der Waals surface area contributed by atoms with Crippen molar-refractivity contribution >= 4 is 28.4 Å². The van der Waals surface area contributed by atoms with E-state index in [1.54, 1.807) is 11.3 Å². The summed E-state index contributed by atoms with van der Waals surface area (Å²) in [5, 5.41) is 2.11. The van der Waals surface area contributed by atoms with Crippen molar-refractivity contribution in [2.24, 2.45) is 0 Å². The van der Waals surface area contributed by atoms with E-state index in [1.807, 2.05) is 12.1 Å². The van der Waals surface area contributed by atoms with Crippen molar-refractivity contribution in [2.75, 3.05) is 4.90 Å². The number of anilines is 3. The van der Waals surface area contributed by atoms with Gasteiger partial charge in [-0.25, -0.2) is 0 Å². The van der Waals surface area contributed by atoms with Gasteiger partial charge >= 0.3 is 0 Å². The highest BCUT2D eigenvalue weighted by atomic mass is 32.1. The van der Waals surface area contributed by atoms with Crippen LogP contribution < -0.4 is 9.64 Å². The van der Waals surface area contributed by atoms with Gasteiger partial charge in [-0.15, -0.1) is 11.3 Å². The van der Waals surface area contributed by atoms with Gasteiger partial charge in [-0.3, -0.25) is 0 Å². The quantitative estimate of drug-likeness (QED) is 0.346. The van der Waals surface area contributed by atoms with Crippen LogP contribution in [0, 0.1) is 20.8 Å². The number of aryl methyl sites for hydroxylation is 3. The Kier molecular flexibility index (Phi) is 3.89. The van der Waals surface area contributed by atoms with Gasteiger partial charge in [-0.2, -0.15) is 0 Å². The van der Waals surface area contributed by atoms with Crippen LogP contribution in [-0.4, -0.2) is 0 Å². The zero-order chi connectivity index (χ0) is 18.6. The summed E-state index contributed by atoms with van der Waals surface area (Å²) in [6.07, 6.45) is 0. The van der Waals surface area contributed by atoms with Crippen molar-refractivity contribution in [3.05, 3.63) is 63.3 Å². The third-order valence-corrected chi connectivity index (χ3v) is 5.92. The van der Waals surface area contributed by atoms with E-state index in [9.17, 15) is 0 Å². The predicted octanol–water partition coefficient (Wildman–Crippen LogP) is 7.55. The lowest BCUT2D eigenvalue weighted by molar-refractivity contribution is 0.479. The third kappa shape index (κ3) is 2.62. The molecule has 0 N–H and O–H groups in total. The maximum absolute atomic E-state index is 6.18. The maximum Gasteiger partial charge on any atom is 0.162 e. The molecule has 134 valence electrons. The average Bonchev–Trinajstić information content (AvgIpc) is 2.93. The Hall–Kier alpha value is -2.26. The van der Waals surface area contributed by atoms with Crippen molar-refractivity contribution in [1.82, 2.24) is 0 Å². The Morgan fingerprint density at radius 1 is 0.885 bits per heavy atom. The number of ether oxygens (including phenoxy) is 1. The molecule has 2 aromatic carbocycles. The molecule has 0 radical (unpaired) electrons. The second-order valence-corrected chi connectivity index (χ2v) is 9.20. The molecule has 0 amide bonds. The highest BCUT2D eigenvalue weighted by Gasteiger charge is 2.30. The van der Waals surface area contributed by atoms with Gasteiger partial charge in [0.05, 0.1) is 11.4 Å². The topological polar surface area (TPSA) is 12.5 Å². The number of para-hydroxylation sites is 2. The molecular weight excluding hydrogens is 338 g/mol. The molecule has 1 aliphatic heterocycles. The SMILES string of the molecule is Cc1cc(C(C)(C)C)cc(C)c1N1c2ccccc2Oc2csc(C)c21. The van der Waals surface area contributed by atoms with Crippen LogP contribution in [0.1, 0.15) is 42.3 Å². The molecule has 0 fully saturated rings. The first-order chi connectivity index (χ1) is 12.3. The number of thiophene rings is 1. The van der Waals surface area contributed by atoms with Crippen molar-refractivity contribution in [3.63, 3.8) is 0 Å². The van der Waals surface area contributed by atoms with Gasteiger partial charge in [0.15, 0.2) is 11.5 Å². The molecule has 1 aliphatic rings. The van der Waals surface area contributed by atoms with Crippen LogP contribution >= 0.6 is 11.3 Å². The molecule has 0 saturated heterocycles. The van der Waals surface area contributed by atoms with Crippen LogP contribution in [0.15, 0.2) is 41.8 Å². The fraction of sp³-hybridized carbons (Fsp3) is 0.304. The van der Waals surface area contributed by atoms with E-state index in [1.165, 1.54) is 32.9 Å². The Balaban J connectivity index is 1.98. The third-order valence-electron chi connectivity index (χ3n) is 5.04. The number of hydrogen-bond acceptors (Lipinski definition) is 3. The van der Waals surface area contributed by atoms with Crippen LogP contribution in [0.2, 0.25) is 0 Å². The zero-order valence-corrected chi connectivity index (χ0v) is 17.1. The maximum atomic E-state index is 6.18. The molecule has 26 heavy (non-hydrogen) atoms. The fourth-order valence-corrected chi connectivity index (χ4v) is 4.46. The van der Waals surface area contributed by atoms with Crippen LogP contribution in [0.3, 0.4) is 0 Å². The molecule has 0 unspecified atom stereocenters. The van der Waals surface area contributed by atoms with Crippen LogP contribution in [-0.2, 0) is 5.41 Å². The first kappa shape index (κ1) is 17.2. The fourth-order valence-electron chi connectivity index (χ4n) is 3.71. The highest BCUT2D eigenvalue weighted by Crippen LogP contribution is 2.55. The van der Waals surface area contributed by atoms with Crippen LogP contribution in [0.25, 0.3) is 0 Å². The second kappa shape index (κ2) is 5.88. The summed E-state index contributed by atoms with van der Waals surface area (Å²) in [6.45, 7) is 13.4. The van der Waals surface area contributed by atoms with Crippen molar-refractivity contribution in [3.8, 4) is 11.5 Å². The summed E-state index contributed by atoms with van der Waals surface area (Å²) < 4.78 is 6.18. The number of nitrogens with zero attached hydrogens (tertiary/aromatic N) is 1. The molecule has 3 aromatic rings. The monoisotopic (exact) mass is 363 g/mol. The summed E-state index contributed by atoms with van der Waals surface area (Å²) in [4.78, 5) is 3.66. The molecule has 0 aliphatic carbocycles. The van der Waals surface area contributed by atoms with Crippen molar-refractivity contribution < 1.29 is 4.74 Å². The summed E-state index contributed by atoms with van der Waals surface area (Å²) in [5.41, 5.74) is 7.64. The van der Waals surface area contributed by atoms with E-state index in [2.05, 4.69) is 76.1 Å². The Morgan fingerprint density at radius 2 is 1.54 bits per heavy atom. The summed E-state index contributed by atoms with van der Waals surface area (Å²) in [6, 6.07) is 13.0. The normalized spacial score (nSPS) is 13.2. The lowest BCUT2D eigenvalue weighted by atomic mass is 9.84. The van der Waals surface area contributed by atoms with E-state index < -0.39 is 0 Å². The first-order valence-corrected chi connectivity index (χ1v) is 9.92. The minimum absolute atomic E-state index is 0.139. The van der Waals surface area contributed by atoms with E-state index in [4.69, 9.17) is 4.74 Å². The van der Waals surface area contributed by atoms with Crippen LogP contribution in [0.5, 0.6) is 11.5 Å². The molecular formula is C23H25NOS. The number of rotatable bonds is 1.